The van der Waals surface area contributed by atoms with Gasteiger partial charge < -0.3 is 15.3 Å². The molecule has 23 heavy (non-hydrogen) atoms. The predicted molar refractivity (Wildman–Crippen MR) is 89.2 cm³/mol. The van der Waals surface area contributed by atoms with Crippen molar-refractivity contribution < 1.29 is 14.7 Å². The number of nitrogens with zero attached hydrogens (tertiary/aromatic N) is 1. The summed E-state index contributed by atoms with van der Waals surface area (Å²) >= 11 is 0. The van der Waals surface area contributed by atoms with Crippen LogP contribution in [0.1, 0.15) is 44.4 Å². The number of urea groups is 1. The van der Waals surface area contributed by atoms with Crippen LogP contribution in [0.4, 0.5) is 4.79 Å². The molecule has 1 aromatic rings. The van der Waals surface area contributed by atoms with E-state index in [0.29, 0.717) is 19.5 Å². The molecule has 1 heterocycles. The minimum absolute atomic E-state index is 0.0720. The van der Waals surface area contributed by atoms with E-state index in [1.165, 1.54) is 5.56 Å². The number of benzene rings is 1. The van der Waals surface area contributed by atoms with Gasteiger partial charge >= 0.3 is 12.0 Å². The Hall–Kier alpha value is -2.04. The third-order valence-corrected chi connectivity index (χ3v) is 4.52. The fraction of sp³-hybridized carbons (Fsp3) is 0.556. The number of carbonyl (C=O) groups is 2. The molecule has 2 N–H and O–H groups in total. The van der Waals surface area contributed by atoms with Crippen LogP contribution >= 0.6 is 0 Å². The fourth-order valence-corrected chi connectivity index (χ4v) is 2.97. The number of aryl methyl sites for hydroxylation is 1. The van der Waals surface area contributed by atoms with Crippen LogP contribution < -0.4 is 5.32 Å². The quantitative estimate of drug-likeness (QED) is 0.876. The second-order valence-corrected chi connectivity index (χ2v) is 6.54. The predicted octanol–water partition coefficient (Wildman–Crippen LogP) is 3.06. The second-order valence-electron chi connectivity index (χ2n) is 6.54. The zero-order valence-corrected chi connectivity index (χ0v) is 14.1. The summed E-state index contributed by atoms with van der Waals surface area (Å²) in [5.74, 6) is -1.01. The Bertz CT molecular complexity index is 554. The van der Waals surface area contributed by atoms with E-state index in [2.05, 4.69) is 50.4 Å². The monoisotopic (exact) mass is 318 g/mol. The SMILES string of the molecule is CCc1ccc(C(NC(=O)N2CCC(C(=O)O)C2)C(C)C)cc1. The third kappa shape index (κ3) is 4.24. The summed E-state index contributed by atoms with van der Waals surface area (Å²) in [4.78, 5) is 25.1. The Kier molecular flexibility index (Phi) is 5.64. The molecule has 126 valence electrons. The van der Waals surface area contributed by atoms with Gasteiger partial charge in [-0.25, -0.2) is 4.79 Å². The molecule has 0 spiro atoms. The molecular formula is C18H26N2O3. The van der Waals surface area contributed by atoms with E-state index in [1.54, 1.807) is 4.90 Å². The van der Waals surface area contributed by atoms with Gasteiger partial charge in [0.2, 0.25) is 0 Å². The van der Waals surface area contributed by atoms with Crippen LogP contribution in [0.5, 0.6) is 0 Å². The maximum atomic E-state index is 12.4. The normalized spacial score (nSPS) is 19.0. The topological polar surface area (TPSA) is 69.6 Å². The second kappa shape index (κ2) is 7.49. The van der Waals surface area contributed by atoms with Crippen LogP contribution in [-0.4, -0.2) is 35.1 Å². The van der Waals surface area contributed by atoms with E-state index in [4.69, 9.17) is 5.11 Å². The highest BCUT2D eigenvalue weighted by molar-refractivity contribution is 5.77. The van der Waals surface area contributed by atoms with Crippen molar-refractivity contribution in [1.82, 2.24) is 10.2 Å². The lowest BCUT2D eigenvalue weighted by molar-refractivity contribution is -0.141. The molecule has 0 radical (unpaired) electrons. The van der Waals surface area contributed by atoms with Gasteiger partial charge in [0.1, 0.15) is 0 Å². The van der Waals surface area contributed by atoms with Gasteiger partial charge in [0.15, 0.2) is 0 Å². The summed E-state index contributed by atoms with van der Waals surface area (Å²) in [5, 5.41) is 12.1. The number of nitrogens with one attached hydrogen (secondary N) is 1. The van der Waals surface area contributed by atoms with Gasteiger partial charge in [-0.05, 0) is 29.9 Å². The number of carboxylic acid groups (broad SMARTS) is 1. The number of aliphatic carboxylic acids is 1. The first kappa shape index (κ1) is 17.3. The third-order valence-electron chi connectivity index (χ3n) is 4.52. The molecule has 1 aromatic carbocycles. The molecule has 2 rings (SSSR count). The molecule has 2 unspecified atom stereocenters. The van der Waals surface area contributed by atoms with Gasteiger partial charge in [-0.2, -0.15) is 0 Å². The Morgan fingerprint density at radius 1 is 1.30 bits per heavy atom. The lowest BCUT2D eigenvalue weighted by atomic mass is 9.95. The average Bonchev–Trinajstić information content (AvgIpc) is 3.02. The molecule has 0 aliphatic carbocycles. The maximum absolute atomic E-state index is 12.4. The first-order valence-electron chi connectivity index (χ1n) is 8.29. The molecule has 2 atom stereocenters. The van der Waals surface area contributed by atoms with Crippen molar-refractivity contribution in [2.75, 3.05) is 13.1 Å². The number of likely N-dealkylation sites (tertiary alicyclic amines) is 1. The summed E-state index contributed by atoms with van der Waals surface area (Å²) in [6, 6.07) is 8.06. The van der Waals surface area contributed by atoms with Crippen molar-refractivity contribution in [3.8, 4) is 0 Å². The molecule has 1 aliphatic rings. The van der Waals surface area contributed by atoms with E-state index in [9.17, 15) is 9.59 Å². The van der Waals surface area contributed by atoms with Crippen molar-refractivity contribution in [2.24, 2.45) is 11.8 Å². The van der Waals surface area contributed by atoms with Gasteiger partial charge in [0.25, 0.3) is 0 Å². The summed E-state index contributed by atoms with van der Waals surface area (Å²) in [7, 11) is 0. The first-order valence-corrected chi connectivity index (χ1v) is 8.29. The van der Waals surface area contributed by atoms with Gasteiger partial charge in [-0.1, -0.05) is 45.0 Å². The highest BCUT2D eigenvalue weighted by atomic mass is 16.4. The van der Waals surface area contributed by atoms with Crippen LogP contribution in [0.2, 0.25) is 0 Å². The highest BCUT2D eigenvalue weighted by Gasteiger charge is 2.32. The average molecular weight is 318 g/mol. The van der Waals surface area contributed by atoms with Gasteiger partial charge in [-0.3, -0.25) is 4.79 Å². The molecule has 1 saturated heterocycles. The van der Waals surface area contributed by atoms with Gasteiger partial charge in [0.05, 0.1) is 12.0 Å². The first-order chi connectivity index (χ1) is 10.9. The molecular weight excluding hydrogens is 292 g/mol. The van der Waals surface area contributed by atoms with Crippen LogP contribution in [-0.2, 0) is 11.2 Å². The number of hydrogen-bond acceptors (Lipinski definition) is 2. The van der Waals surface area contributed by atoms with Crippen molar-refractivity contribution in [3.05, 3.63) is 35.4 Å². The number of amides is 2. The number of rotatable bonds is 5. The number of carboxylic acids is 1. The molecule has 1 fully saturated rings. The van der Waals surface area contributed by atoms with E-state index in [1.807, 2.05) is 0 Å². The maximum Gasteiger partial charge on any atom is 0.317 e. The Morgan fingerprint density at radius 2 is 1.96 bits per heavy atom. The van der Waals surface area contributed by atoms with Gasteiger partial charge in [-0.15, -0.1) is 0 Å². The summed E-state index contributed by atoms with van der Waals surface area (Å²) < 4.78 is 0. The van der Waals surface area contributed by atoms with E-state index in [0.717, 1.165) is 12.0 Å². The largest absolute Gasteiger partial charge is 0.481 e. The molecule has 5 nitrogen and oxygen atoms in total. The zero-order valence-electron chi connectivity index (χ0n) is 14.1. The molecule has 0 aromatic heterocycles. The Morgan fingerprint density at radius 3 is 2.43 bits per heavy atom. The van der Waals surface area contributed by atoms with Crippen molar-refractivity contribution >= 4 is 12.0 Å². The smallest absolute Gasteiger partial charge is 0.317 e. The van der Waals surface area contributed by atoms with Crippen LogP contribution in [0.15, 0.2) is 24.3 Å². The standard InChI is InChI=1S/C18H26N2O3/c1-4-13-5-7-14(8-6-13)16(12(2)3)19-18(23)20-10-9-15(11-20)17(21)22/h5-8,12,15-16H,4,9-11H2,1-3H3,(H,19,23)(H,21,22). The summed E-state index contributed by atoms with van der Waals surface area (Å²) in [5.41, 5.74) is 2.35. The van der Waals surface area contributed by atoms with E-state index >= 15 is 0 Å². The number of hydrogen-bond donors (Lipinski definition) is 2. The molecule has 0 bridgehead atoms. The van der Waals surface area contributed by atoms with Crippen LogP contribution in [0.3, 0.4) is 0 Å². The Balaban J connectivity index is 2.04. The van der Waals surface area contributed by atoms with Crippen LogP contribution in [0.25, 0.3) is 0 Å². The zero-order chi connectivity index (χ0) is 17.0. The lowest BCUT2D eigenvalue weighted by Crippen LogP contribution is -2.42. The Labute approximate surface area is 137 Å². The fourth-order valence-electron chi connectivity index (χ4n) is 2.97. The minimum Gasteiger partial charge on any atom is -0.481 e. The van der Waals surface area contributed by atoms with Crippen LogP contribution in [0, 0.1) is 11.8 Å². The van der Waals surface area contributed by atoms with E-state index < -0.39 is 11.9 Å². The summed E-state index contributed by atoms with van der Waals surface area (Å²) in [6.45, 7) is 7.05. The molecule has 1 aliphatic heterocycles. The lowest BCUT2D eigenvalue weighted by Gasteiger charge is -2.26. The molecule has 0 saturated carbocycles. The van der Waals surface area contributed by atoms with Crippen molar-refractivity contribution in [2.45, 2.75) is 39.7 Å². The summed E-state index contributed by atoms with van der Waals surface area (Å²) in [6.07, 6.45) is 1.52. The number of carbonyl (C=O) groups excluding carboxylic acids is 1. The van der Waals surface area contributed by atoms with Crippen molar-refractivity contribution in [1.29, 1.82) is 0 Å². The van der Waals surface area contributed by atoms with Crippen molar-refractivity contribution in [3.63, 3.8) is 0 Å². The van der Waals surface area contributed by atoms with Gasteiger partial charge in [0, 0.05) is 13.1 Å². The molecule has 5 heteroatoms. The van der Waals surface area contributed by atoms with E-state index in [-0.39, 0.29) is 18.0 Å². The highest BCUT2D eigenvalue weighted by Crippen LogP contribution is 2.24. The minimum atomic E-state index is -0.823. The molecule has 2 amide bonds.